The summed E-state index contributed by atoms with van der Waals surface area (Å²) in [5.41, 5.74) is 2.07. The molecule has 2 rings (SSSR count). The summed E-state index contributed by atoms with van der Waals surface area (Å²) in [6, 6.07) is 1.93. The van der Waals surface area contributed by atoms with Crippen LogP contribution in [0.5, 0.6) is 0 Å². The summed E-state index contributed by atoms with van der Waals surface area (Å²) < 4.78 is 0. The first-order chi connectivity index (χ1) is 6.96. The third-order valence-electron chi connectivity index (χ3n) is 3.51. The Morgan fingerprint density at radius 1 is 1.53 bits per heavy atom. The van der Waals surface area contributed by atoms with Gasteiger partial charge in [-0.2, -0.15) is 0 Å². The Hall–Kier alpha value is -1.38. The molecule has 0 spiro atoms. The monoisotopic (exact) mass is 205 g/mol. The summed E-state index contributed by atoms with van der Waals surface area (Å²) in [7, 11) is 0. The highest BCUT2D eigenvalue weighted by atomic mass is 16.4. The molecule has 80 valence electrons. The number of pyridine rings is 1. The Labute approximate surface area is 89.2 Å². The van der Waals surface area contributed by atoms with Gasteiger partial charge in [0.2, 0.25) is 0 Å². The molecule has 0 amide bonds. The second-order valence-corrected chi connectivity index (χ2v) is 4.85. The molecule has 1 fully saturated rings. The molecule has 1 aromatic rings. The van der Waals surface area contributed by atoms with Gasteiger partial charge in [-0.3, -0.25) is 9.78 Å². The van der Waals surface area contributed by atoms with E-state index >= 15 is 0 Å². The topological polar surface area (TPSA) is 50.2 Å². The van der Waals surface area contributed by atoms with E-state index in [4.69, 9.17) is 5.11 Å². The molecule has 3 heteroatoms. The number of carboxylic acid groups (broad SMARTS) is 1. The zero-order valence-corrected chi connectivity index (χ0v) is 9.19. The van der Waals surface area contributed by atoms with Gasteiger partial charge in [-0.25, -0.2) is 0 Å². The van der Waals surface area contributed by atoms with Gasteiger partial charge >= 0.3 is 5.97 Å². The van der Waals surface area contributed by atoms with E-state index in [1.54, 1.807) is 12.4 Å². The minimum atomic E-state index is -0.701. The molecule has 0 aromatic carbocycles. The van der Waals surface area contributed by atoms with E-state index < -0.39 is 5.97 Å². The first-order valence-corrected chi connectivity index (χ1v) is 5.09. The quantitative estimate of drug-likeness (QED) is 0.805. The maximum Gasteiger partial charge on any atom is 0.307 e. The summed E-state index contributed by atoms with van der Waals surface area (Å²) >= 11 is 0. The lowest BCUT2D eigenvalue weighted by Crippen LogP contribution is -2.03. The van der Waals surface area contributed by atoms with Crippen molar-refractivity contribution in [2.24, 2.45) is 11.3 Å². The Bertz CT molecular complexity index is 412. The summed E-state index contributed by atoms with van der Waals surface area (Å²) in [6.07, 6.45) is 3.54. The molecule has 0 bridgehead atoms. The van der Waals surface area contributed by atoms with Gasteiger partial charge in [0, 0.05) is 18.3 Å². The number of aliphatic carboxylic acids is 1. The number of carbonyl (C=O) groups is 1. The van der Waals surface area contributed by atoms with Crippen LogP contribution in [0.4, 0.5) is 0 Å². The van der Waals surface area contributed by atoms with Gasteiger partial charge in [-0.1, -0.05) is 13.8 Å². The average Bonchev–Trinajstić information content (AvgIpc) is 2.70. The van der Waals surface area contributed by atoms with Crippen LogP contribution in [-0.2, 0) is 4.79 Å². The van der Waals surface area contributed by atoms with E-state index in [-0.39, 0.29) is 17.3 Å². The Morgan fingerprint density at radius 2 is 2.20 bits per heavy atom. The smallest absolute Gasteiger partial charge is 0.307 e. The normalized spacial score (nSPS) is 27.4. The van der Waals surface area contributed by atoms with Crippen LogP contribution in [0.15, 0.2) is 18.5 Å². The van der Waals surface area contributed by atoms with Gasteiger partial charge in [0.1, 0.15) is 0 Å². The van der Waals surface area contributed by atoms with Crippen LogP contribution < -0.4 is 0 Å². The van der Waals surface area contributed by atoms with Crippen molar-refractivity contribution in [2.75, 3.05) is 0 Å². The molecule has 2 unspecified atom stereocenters. The van der Waals surface area contributed by atoms with Gasteiger partial charge in [0.25, 0.3) is 0 Å². The van der Waals surface area contributed by atoms with Gasteiger partial charge in [-0.15, -0.1) is 0 Å². The van der Waals surface area contributed by atoms with E-state index in [1.807, 2.05) is 26.8 Å². The maximum absolute atomic E-state index is 11.1. The molecule has 1 aromatic heterocycles. The van der Waals surface area contributed by atoms with Crippen LogP contribution in [0.3, 0.4) is 0 Å². The molecule has 1 saturated carbocycles. The minimum Gasteiger partial charge on any atom is -0.481 e. The van der Waals surface area contributed by atoms with Crippen LogP contribution >= 0.6 is 0 Å². The maximum atomic E-state index is 11.1. The number of hydrogen-bond donors (Lipinski definition) is 1. The van der Waals surface area contributed by atoms with E-state index in [0.29, 0.717) is 0 Å². The Balaban J connectivity index is 2.36. The molecule has 1 N–H and O–H groups in total. The van der Waals surface area contributed by atoms with Crippen LogP contribution in [0.1, 0.15) is 30.9 Å². The van der Waals surface area contributed by atoms with Gasteiger partial charge < -0.3 is 5.11 Å². The highest BCUT2D eigenvalue weighted by molar-refractivity contribution is 5.77. The summed E-state index contributed by atoms with van der Waals surface area (Å²) in [4.78, 5) is 15.1. The number of nitrogens with zero attached hydrogens (tertiary/aromatic N) is 1. The standard InChI is InChI=1S/C12H15NO2/c1-7-4-5-13-6-8(7)9-10(11(14)15)12(9,2)3/h4-6,9-10H,1-3H3,(H,14,15). The zero-order valence-electron chi connectivity index (χ0n) is 9.19. The first-order valence-electron chi connectivity index (χ1n) is 5.09. The van der Waals surface area contributed by atoms with Gasteiger partial charge in [0.05, 0.1) is 5.92 Å². The fourth-order valence-corrected chi connectivity index (χ4v) is 2.48. The van der Waals surface area contributed by atoms with Crippen LogP contribution in [0.2, 0.25) is 0 Å². The van der Waals surface area contributed by atoms with E-state index in [0.717, 1.165) is 11.1 Å². The third-order valence-corrected chi connectivity index (χ3v) is 3.51. The van der Waals surface area contributed by atoms with Crippen LogP contribution in [-0.4, -0.2) is 16.1 Å². The van der Waals surface area contributed by atoms with Gasteiger partial charge in [-0.05, 0) is 29.5 Å². The summed E-state index contributed by atoms with van der Waals surface area (Å²) in [6.45, 7) is 6.01. The average molecular weight is 205 g/mol. The molecule has 2 atom stereocenters. The van der Waals surface area contributed by atoms with Crippen molar-refractivity contribution in [1.29, 1.82) is 0 Å². The van der Waals surface area contributed by atoms with E-state index in [1.165, 1.54) is 0 Å². The highest BCUT2D eigenvalue weighted by Crippen LogP contribution is 2.64. The number of rotatable bonds is 2. The number of aromatic nitrogens is 1. The second kappa shape index (κ2) is 3.05. The predicted molar refractivity (Wildman–Crippen MR) is 56.6 cm³/mol. The molecule has 0 radical (unpaired) electrons. The molecular weight excluding hydrogens is 190 g/mol. The Kier molecular flexibility index (Phi) is 2.07. The lowest BCUT2D eigenvalue weighted by Gasteiger charge is -2.05. The van der Waals surface area contributed by atoms with Gasteiger partial charge in [0.15, 0.2) is 0 Å². The Morgan fingerprint density at radius 3 is 2.67 bits per heavy atom. The lowest BCUT2D eigenvalue weighted by molar-refractivity contribution is -0.139. The zero-order chi connectivity index (χ0) is 11.2. The van der Waals surface area contributed by atoms with Crippen molar-refractivity contribution >= 4 is 5.97 Å². The van der Waals surface area contributed by atoms with Crippen molar-refractivity contribution in [2.45, 2.75) is 26.7 Å². The summed E-state index contributed by atoms with van der Waals surface area (Å²) in [5, 5.41) is 9.09. The number of carboxylic acids is 1. The molecule has 3 nitrogen and oxygen atoms in total. The fourth-order valence-electron chi connectivity index (χ4n) is 2.48. The highest BCUT2D eigenvalue weighted by Gasteiger charge is 2.63. The molecule has 0 saturated heterocycles. The summed E-state index contributed by atoms with van der Waals surface area (Å²) in [5.74, 6) is -0.850. The largest absolute Gasteiger partial charge is 0.481 e. The second-order valence-electron chi connectivity index (χ2n) is 4.85. The fraction of sp³-hybridized carbons (Fsp3) is 0.500. The van der Waals surface area contributed by atoms with Crippen LogP contribution in [0, 0.1) is 18.3 Å². The molecule has 0 aliphatic heterocycles. The molecule has 1 heterocycles. The molecular formula is C12H15NO2. The predicted octanol–water partition coefficient (Wildman–Crippen LogP) is 2.21. The number of aryl methyl sites for hydroxylation is 1. The van der Waals surface area contributed by atoms with Crippen molar-refractivity contribution in [1.82, 2.24) is 4.98 Å². The minimum absolute atomic E-state index is 0.115. The SMILES string of the molecule is Cc1ccncc1C1C(C(=O)O)C1(C)C. The molecule has 1 aliphatic carbocycles. The van der Waals surface area contributed by atoms with Crippen molar-refractivity contribution < 1.29 is 9.90 Å². The number of hydrogen-bond acceptors (Lipinski definition) is 2. The van der Waals surface area contributed by atoms with Crippen LogP contribution in [0.25, 0.3) is 0 Å². The third kappa shape index (κ3) is 1.42. The lowest BCUT2D eigenvalue weighted by atomic mass is 10.0. The van der Waals surface area contributed by atoms with Crippen molar-refractivity contribution in [3.8, 4) is 0 Å². The van der Waals surface area contributed by atoms with E-state index in [9.17, 15) is 4.79 Å². The molecule has 15 heavy (non-hydrogen) atoms. The van der Waals surface area contributed by atoms with Crippen molar-refractivity contribution in [3.05, 3.63) is 29.6 Å². The first kappa shape index (κ1) is 10.1. The van der Waals surface area contributed by atoms with Crippen molar-refractivity contribution in [3.63, 3.8) is 0 Å². The molecule has 1 aliphatic rings. The van der Waals surface area contributed by atoms with E-state index in [2.05, 4.69) is 4.98 Å².